The summed E-state index contributed by atoms with van der Waals surface area (Å²) in [5.41, 5.74) is 1.12. The third kappa shape index (κ3) is 3.70. The van der Waals surface area contributed by atoms with Crippen LogP contribution in [0.5, 0.6) is 0 Å². The zero-order valence-electron chi connectivity index (χ0n) is 11.6. The average Bonchev–Trinajstić information content (AvgIpc) is 2.35. The summed E-state index contributed by atoms with van der Waals surface area (Å²) >= 11 is 5.83. The van der Waals surface area contributed by atoms with Crippen molar-refractivity contribution < 1.29 is 0 Å². The third-order valence-corrected chi connectivity index (χ3v) is 5.07. The van der Waals surface area contributed by atoms with Gasteiger partial charge in [-0.15, -0.1) is 37.2 Å². The molecular weight excluding hydrogens is 352 g/mol. The molecule has 1 aromatic rings. The van der Waals surface area contributed by atoms with Crippen LogP contribution < -0.4 is 5.32 Å². The molecule has 7 heteroatoms. The number of halogens is 4. The summed E-state index contributed by atoms with van der Waals surface area (Å²) in [7, 11) is 0. The number of piperidine rings is 3. The van der Waals surface area contributed by atoms with Gasteiger partial charge < -0.3 is 10.2 Å². The second-order valence-electron chi connectivity index (χ2n) is 6.12. The number of rotatable bonds is 2. The molecule has 4 bridgehead atoms. The highest BCUT2D eigenvalue weighted by molar-refractivity contribution is 6.29. The van der Waals surface area contributed by atoms with E-state index in [1.165, 1.54) is 32.5 Å². The minimum Gasteiger partial charge on any atom is -0.380 e. The Balaban J connectivity index is 0.000000735. The fourth-order valence-electron chi connectivity index (χ4n) is 4.30. The summed E-state index contributed by atoms with van der Waals surface area (Å²) in [5, 5.41) is 4.27. The van der Waals surface area contributed by atoms with Crippen molar-refractivity contribution in [2.75, 3.05) is 25.0 Å². The van der Waals surface area contributed by atoms with Crippen LogP contribution in [-0.4, -0.2) is 35.6 Å². The van der Waals surface area contributed by atoms with Crippen molar-refractivity contribution in [3.8, 4) is 0 Å². The van der Waals surface area contributed by atoms with Gasteiger partial charge in [-0.2, -0.15) is 0 Å². The zero-order chi connectivity index (χ0) is 12.1. The van der Waals surface area contributed by atoms with Crippen LogP contribution in [0.25, 0.3) is 0 Å². The molecule has 3 nitrogen and oxygen atoms in total. The Hall–Kier alpha value is 0.0700. The Morgan fingerprint density at radius 2 is 1.71 bits per heavy atom. The fourth-order valence-corrected chi connectivity index (χ4v) is 4.41. The lowest BCUT2D eigenvalue weighted by Crippen LogP contribution is -2.62. The maximum atomic E-state index is 5.83. The molecule has 3 saturated heterocycles. The molecule has 21 heavy (non-hydrogen) atoms. The van der Waals surface area contributed by atoms with E-state index in [9.17, 15) is 0 Å². The molecule has 3 aliphatic heterocycles. The van der Waals surface area contributed by atoms with Crippen molar-refractivity contribution in [1.29, 1.82) is 0 Å². The number of aromatic nitrogens is 1. The van der Waals surface area contributed by atoms with Crippen LogP contribution in [0.2, 0.25) is 5.15 Å². The molecule has 0 aromatic carbocycles. The lowest BCUT2D eigenvalue weighted by molar-refractivity contribution is -0.0269. The molecule has 4 heterocycles. The van der Waals surface area contributed by atoms with Crippen molar-refractivity contribution in [2.45, 2.75) is 18.9 Å². The molecule has 4 aliphatic rings. The second kappa shape index (κ2) is 7.56. The minimum absolute atomic E-state index is 0. The number of hydrogen-bond donors (Lipinski definition) is 1. The van der Waals surface area contributed by atoms with Crippen molar-refractivity contribution in [3.05, 3.63) is 23.5 Å². The molecule has 5 rings (SSSR count). The second-order valence-corrected chi connectivity index (χ2v) is 6.50. The molecule has 0 radical (unpaired) electrons. The first kappa shape index (κ1) is 19.1. The normalized spacial score (nSPS) is 35.2. The summed E-state index contributed by atoms with van der Waals surface area (Å²) in [5.74, 6) is 2.61. The smallest absolute Gasteiger partial charge is 0.129 e. The van der Waals surface area contributed by atoms with Gasteiger partial charge in [0.2, 0.25) is 0 Å². The highest BCUT2D eigenvalue weighted by atomic mass is 35.5. The Bertz CT molecular complexity index is 426. The first-order valence-corrected chi connectivity index (χ1v) is 7.26. The van der Waals surface area contributed by atoms with Crippen LogP contribution in [0.3, 0.4) is 0 Å². The maximum absolute atomic E-state index is 5.83. The number of anilines is 1. The van der Waals surface area contributed by atoms with Crippen LogP contribution in [0.15, 0.2) is 18.3 Å². The molecule has 120 valence electrons. The van der Waals surface area contributed by atoms with E-state index in [2.05, 4.69) is 15.2 Å². The van der Waals surface area contributed by atoms with Crippen molar-refractivity contribution in [1.82, 2.24) is 9.88 Å². The van der Waals surface area contributed by atoms with Gasteiger partial charge in [0.25, 0.3) is 0 Å². The molecule has 1 aromatic heterocycles. The highest BCUT2D eigenvalue weighted by Crippen LogP contribution is 2.44. The van der Waals surface area contributed by atoms with Gasteiger partial charge in [-0.3, -0.25) is 0 Å². The SMILES string of the molecule is Cl.Cl.Cl.Clc1ccc(NC2C3CC4CC2CN(C4)C3)cn1. The van der Waals surface area contributed by atoms with Crippen LogP contribution in [0, 0.1) is 17.8 Å². The van der Waals surface area contributed by atoms with E-state index < -0.39 is 0 Å². The Morgan fingerprint density at radius 3 is 2.24 bits per heavy atom. The highest BCUT2D eigenvalue weighted by Gasteiger charge is 2.47. The van der Waals surface area contributed by atoms with E-state index in [0.29, 0.717) is 11.2 Å². The number of nitrogens with one attached hydrogen (secondary N) is 1. The topological polar surface area (TPSA) is 28.2 Å². The largest absolute Gasteiger partial charge is 0.380 e. The fraction of sp³-hybridized carbons (Fsp3) is 0.643. The van der Waals surface area contributed by atoms with E-state index >= 15 is 0 Å². The van der Waals surface area contributed by atoms with E-state index in [1.807, 2.05) is 18.3 Å². The first-order chi connectivity index (χ1) is 8.78. The lowest BCUT2D eigenvalue weighted by atomic mass is 9.65. The summed E-state index contributed by atoms with van der Waals surface area (Å²) in [6, 6.07) is 4.55. The first-order valence-electron chi connectivity index (χ1n) is 6.88. The van der Waals surface area contributed by atoms with Gasteiger partial charge in [0.05, 0.1) is 11.9 Å². The van der Waals surface area contributed by atoms with E-state index in [1.54, 1.807) is 0 Å². The van der Waals surface area contributed by atoms with Crippen LogP contribution in [0.1, 0.15) is 12.8 Å². The zero-order valence-corrected chi connectivity index (χ0v) is 14.8. The summed E-state index contributed by atoms with van der Waals surface area (Å²) in [6.07, 6.45) is 4.67. The molecule has 1 N–H and O–H groups in total. The Kier molecular flexibility index (Phi) is 6.88. The summed E-state index contributed by atoms with van der Waals surface area (Å²) < 4.78 is 0. The quantitative estimate of drug-likeness (QED) is 0.801. The molecule has 2 unspecified atom stereocenters. The van der Waals surface area contributed by atoms with E-state index in [0.717, 1.165) is 23.4 Å². The summed E-state index contributed by atoms with van der Waals surface area (Å²) in [6.45, 7) is 3.92. The molecule has 1 aliphatic carbocycles. The van der Waals surface area contributed by atoms with Gasteiger partial charge in [-0.25, -0.2) is 4.98 Å². The number of nitrogens with zero attached hydrogens (tertiary/aromatic N) is 2. The lowest BCUT2D eigenvalue weighted by Gasteiger charge is -2.56. The predicted molar refractivity (Wildman–Crippen MR) is 94.5 cm³/mol. The number of pyridine rings is 1. The molecule has 2 atom stereocenters. The van der Waals surface area contributed by atoms with Gasteiger partial charge in [0, 0.05) is 25.7 Å². The molecule has 0 spiro atoms. The van der Waals surface area contributed by atoms with Crippen molar-refractivity contribution in [3.63, 3.8) is 0 Å². The Labute approximate surface area is 149 Å². The molecule has 0 amide bonds. The maximum Gasteiger partial charge on any atom is 0.129 e. The monoisotopic (exact) mass is 371 g/mol. The van der Waals surface area contributed by atoms with Crippen molar-refractivity contribution >= 4 is 54.5 Å². The van der Waals surface area contributed by atoms with Gasteiger partial charge in [0.1, 0.15) is 5.15 Å². The van der Waals surface area contributed by atoms with Crippen LogP contribution >= 0.6 is 48.8 Å². The van der Waals surface area contributed by atoms with E-state index in [-0.39, 0.29) is 37.2 Å². The summed E-state index contributed by atoms with van der Waals surface area (Å²) in [4.78, 5) is 6.81. The van der Waals surface area contributed by atoms with Gasteiger partial charge >= 0.3 is 0 Å². The predicted octanol–water partition coefficient (Wildman–Crippen LogP) is 3.75. The average molecular weight is 373 g/mol. The minimum atomic E-state index is 0. The molecule has 4 fully saturated rings. The molecular formula is C14H21Cl4N3. The van der Waals surface area contributed by atoms with Gasteiger partial charge in [-0.1, -0.05) is 11.6 Å². The molecule has 1 saturated carbocycles. The van der Waals surface area contributed by atoms with Crippen LogP contribution in [0.4, 0.5) is 5.69 Å². The van der Waals surface area contributed by atoms with Crippen LogP contribution in [-0.2, 0) is 0 Å². The van der Waals surface area contributed by atoms with Gasteiger partial charge in [0.15, 0.2) is 0 Å². The number of hydrogen-bond acceptors (Lipinski definition) is 3. The van der Waals surface area contributed by atoms with Gasteiger partial charge in [-0.05, 0) is 42.7 Å². The van der Waals surface area contributed by atoms with Crippen molar-refractivity contribution in [2.24, 2.45) is 17.8 Å². The third-order valence-electron chi connectivity index (χ3n) is 4.85. The Morgan fingerprint density at radius 1 is 1.05 bits per heavy atom. The van der Waals surface area contributed by atoms with E-state index in [4.69, 9.17) is 11.6 Å². The standard InChI is InChI=1S/C14H18ClN3.3ClH/c15-13-2-1-12(5-16-13)17-14-10-3-9-4-11(14)8-18(6-9)7-10;;;/h1-2,5,9-11,14,17H,3-4,6-8H2;3*1H.